The number of sulfonamides is 1. The first-order valence-electron chi connectivity index (χ1n) is 7.01. The second kappa shape index (κ2) is 7.78. The predicted octanol–water partition coefficient (Wildman–Crippen LogP) is 0.587. The minimum Gasteiger partial charge on any atom is -0.349 e. The molecule has 0 fully saturated rings. The zero-order chi connectivity index (χ0) is 15.2. The molecule has 0 atom stereocenters. The van der Waals surface area contributed by atoms with E-state index in [-0.39, 0.29) is 0 Å². The van der Waals surface area contributed by atoms with Crippen LogP contribution in [0.25, 0.3) is 0 Å². The van der Waals surface area contributed by atoms with Crippen molar-refractivity contribution in [1.82, 2.24) is 14.2 Å². The lowest BCUT2D eigenvalue weighted by atomic mass is 10.4. The number of likely N-dealkylation sites (N-methyl/N-ethyl adjacent to an activating group) is 1. The summed E-state index contributed by atoms with van der Waals surface area (Å²) in [5.74, 6) is 0. The van der Waals surface area contributed by atoms with Crippen LogP contribution in [0.2, 0.25) is 0 Å². The molecule has 0 amide bonds. The van der Waals surface area contributed by atoms with Gasteiger partial charge in [-0.3, -0.25) is 0 Å². The highest BCUT2D eigenvalue weighted by atomic mass is 32.2. The monoisotopic (exact) mass is 302 g/mol. The van der Waals surface area contributed by atoms with Crippen LogP contribution in [0.4, 0.5) is 0 Å². The van der Waals surface area contributed by atoms with Crippen molar-refractivity contribution < 1.29 is 8.42 Å². The molecule has 1 aromatic rings. The van der Waals surface area contributed by atoms with Crippen molar-refractivity contribution in [3.63, 3.8) is 0 Å². The number of nitrogens with one attached hydrogen (secondary N) is 1. The molecule has 0 unspecified atom stereocenters. The molecule has 0 aliphatic carbocycles. The molecule has 0 saturated heterocycles. The topological polar surface area (TPSA) is 80.4 Å². The molecule has 0 aliphatic rings. The zero-order valence-corrected chi connectivity index (χ0v) is 13.4. The summed E-state index contributed by atoms with van der Waals surface area (Å²) in [4.78, 5) is 2.35. The first kappa shape index (κ1) is 17.2. The summed E-state index contributed by atoms with van der Waals surface area (Å²) in [5.41, 5.74) is 6.50. The molecule has 116 valence electrons. The van der Waals surface area contributed by atoms with E-state index >= 15 is 0 Å². The van der Waals surface area contributed by atoms with Crippen LogP contribution in [-0.4, -0.2) is 44.6 Å². The van der Waals surface area contributed by atoms with Gasteiger partial charge in [0.05, 0.1) is 4.90 Å². The normalized spacial score (nSPS) is 12.2. The van der Waals surface area contributed by atoms with Crippen molar-refractivity contribution in [3.8, 4) is 0 Å². The molecular formula is C13H26N4O2S. The van der Waals surface area contributed by atoms with E-state index < -0.39 is 10.0 Å². The third-order valence-electron chi connectivity index (χ3n) is 3.27. The summed E-state index contributed by atoms with van der Waals surface area (Å²) in [6.45, 7) is 7.19. The number of aromatic nitrogens is 1. The van der Waals surface area contributed by atoms with E-state index in [1.165, 1.54) is 0 Å². The summed E-state index contributed by atoms with van der Waals surface area (Å²) < 4.78 is 28.9. The van der Waals surface area contributed by atoms with Gasteiger partial charge >= 0.3 is 0 Å². The van der Waals surface area contributed by atoms with Crippen LogP contribution in [0.15, 0.2) is 17.2 Å². The highest BCUT2D eigenvalue weighted by molar-refractivity contribution is 7.89. The van der Waals surface area contributed by atoms with Crippen molar-refractivity contribution in [2.45, 2.75) is 38.3 Å². The third-order valence-corrected chi connectivity index (χ3v) is 4.70. The van der Waals surface area contributed by atoms with Crippen LogP contribution >= 0.6 is 0 Å². The second-order valence-corrected chi connectivity index (χ2v) is 6.63. The van der Waals surface area contributed by atoms with Gasteiger partial charge in [-0.25, -0.2) is 13.1 Å². The zero-order valence-electron chi connectivity index (χ0n) is 12.6. The molecule has 0 radical (unpaired) electrons. The first-order valence-corrected chi connectivity index (χ1v) is 8.50. The van der Waals surface area contributed by atoms with E-state index in [1.807, 2.05) is 25.5 Å². The van der Waals surface area contributed by atoms with Gasteiger partial charge in [-0.1, -0.05) is 13.8 Å². The van der Waals surface area contributed by atoms with Gasteiger partial charge in [0.25, 0.3) is 0 Å². The number of hydrogen-bond acceptors (Lipinski definition) is 4. The summed E-state index contributed by atoms with van der Waals surface area (Å²) in [7, 11) is -1.49. The Bertz CT molecular complexity index is 510. The molecule has 1 aromatic heterocycles. The molecule has 1 heterocycles. The maximum absolute atomic E-state index is 12.2. The van der Waals surface area contributed by atoms with Crippen LogP contribution in [0, 0.1) is 0 Å². The average Bonchev–Trinajstić information content (AvgIpc) is 2.82. The highest BCUT2D eigenvalue weighted by Crippen LogP contribution is 2.14. The maximum Gasteiger partial charge on any atom is 0.242 e. The standard InChI is InChI=1S/C13H26N4O2S/c1-4-7-17-11-13(9-12(17)10-14)20(18,19)15-6-8-16(3)5-2/h9,11,15H,4-8,10,14H2,1-3H3. The average molecular weight is 302 g/mol. The van der Waals surface area contributed by atoms with Crippen LogP contribution in [0.5, 0.6) is 0 Å². The number of hydrogen-bond donors (Lipinski definition) is 2. The van der Waals surface area contributed by atoms with E-state index in [0.29, 0.717) is 24.5 Å². The van der Waals surface area contributed by atoms with Crippen molar-refractivity contribution in [2.24, 2.45) is 5.73 Å². The number of aryl methyl sites for hydroxylation is 1. The van der Waals surface area contributed by atoms with E-state index in [9.17, 15) is 8.42 Å². The quantitative estimate of drug-likeness (QED) is 0.699. The third kappa shape index (κ3) is 4.59. The lowest BCUT2D eigenvalue weighted by molar-refractivity contribution is 0.358. The van der Waals surface area contributed by atoms with Crippen molar-refractivity contribution in [2.75, 3.05) is 26.7 Å². The Morgan fingerprint density at radius 3 is 2.65 bits per heavy atom. The number of nitrogens with two attached hydrogens (primary N) is 1. The summed E-state index contributed by atoms with van der Waals surface area (Å²) >= 11 is 0. The number of rotatable bonds is 9. The smallest absolute Gasteiger partial charge is 0.242 e. The van der Waals surface area contributed by atoms with Crippen molar-refractivity contribution >= 4 is 10.0 Å². The Balaban J connectivity index is 2.76. The van der Waals surface area contributed by atoms with Crippen LogP contribution in [0.3, 0.4) is 0 Å². The Labute approximate surface area is 122 Å². The lowest BCUT2D eigenvalue weighted by Gasteiger charge is -2.13. The molecule has 6 nitrogen and oxygen atoms in total. The minimum absolute atomic E-state index is 0.297. The second-order valence-electron chi connectivity index (χ2n) is 4.86. The fourth-order valence-corrected chi connectivity index (χ4v) is 2.99. The van der Waals surface area contributed by atoms with Crippen molar-refractivity contribution in [1.29, 1.82) is 0 Å². The Morgan fingerprint density at radius 2 is 2.10 bits per heavy atom. The number of nitrogens with zero attached hydrogens (tertiary/aromatic N) is 2. The van der Waals surface area contributed by atoms with Gasteiger partial charge in [-0.15, -0.1) is 0 Å². The van der Waals surface area contributed by atoms with Gasteiger partial charge in [0.1, 0.15) is 0 Å². The SMILES string of the molecule is CCCn1cc(S(=O)(=O)NCCN(C)CC)cc1CN. The van der Waals surface area contributed by atoms with E-state index in [1.54, 1.807) is 12.3 Å². The Hall–Kier alpha value is -0.890. The van der Waals surface area contributed by atoms with Gasteiger partial charge in [-0.2, -0.15) is 0 Å². The molecule has 20 heavy (non-hydrogen) atoms. The molecule has 0 bridgehead atoms. The van der Waals surface area contributed by atoms with E-state index in [4.69, 9.17) is 5.73 Å². The molecule has 0 spiro atoms. The first-order chi connectivity index (χ1) is 9.44. The van der Waals surface area contributed by atoms with Crippen molar-refractivity contribution in [3.05, 3.63) is 18.0 Å². The molecule has 0 aromatic carbocycles. The maximum atomic E-state index is 12.2. The van der Waals surface area contributed by atoms with Crippen LogP contribution in [-0.2, 0) is 23.1 Å². The van der Waals surface area contributed by atoms with Gasteiger partial charge < -0.3 is 15.2 Å². The molecule has 0 aliphatic heterocycles. The molecule has 1 rings (SSSR count). The van der Waals surface area contributed by atoms with Gasteiger partial charge in [0.15, 0.2) is 0 Å². The molecule has 7 heteroatoms. The predicted molar refractivity (Wildman–Crippen MR) is 81.0 cm³/mol. The lowest BCUT2D eigenvalue weighted by Crippen LogP contribution is -2.32. The van der Waals surface area contributed by atoms with E-state index in [2.05, 4.69) is 9.62 Å². The Morgan fingerprint density at radius 1 is 1.40 bits per heavy atom. The molecule has 3 N–H and O–H groups in total. The fraction of sp³-hybridized carbons (Fsp3) is 0.692. The highest BCUT2D eigenvalue weighted by Gasteiger charge is 2.17. The summed E-state index contributed by atoms with van der Waals surface area (Å²) in [6.07, 6.45) is 2.60. The fourth-order valence-electron chi connectivity index (χ4n) is 1.91. The van der Waals surface area contributed by atoms with Crippen LogP contribution < -0.4 is 10.5 Å². The summed E-state index contributed by atoms with van der Waals surface area (Å²) in [5, 5.41) is 0. The Kier molecular flexibility index (Phi) is 6.67. The van der Waals surface area contributed by atoms with Gasteiger partial charge in [-0.05, 0) is 26.1 Å². The van der Waals surface area contributed by atoms with Crippen LogP contribution in [0.1, 0.15) is 26.0 Å². The molecular weight excluding hydrogens is 276 g/mol. The summed E-state index contributed by atoms with van der Waals surface area (Å²) in [6, 6.07) is 1.65. The van der Waals surface area contributed by atoms with Gasteiger partial charge in [0, 0.05) is 38.1 Å². The van der Waals surface area contributed by atoms with E-state index in [0.717, 1.165) is 25.2 Å². The minimum atomic E-state index is -3.45. The molecule has 0 saturated carbocycles. The van der Waals surface area contributed by atoms with Gasteiger partial charge in [0.2, 0.25) is 10.0 Å². The largest absolute Gasteiger partial charge is 0.349 e.